The van der Waals surface area contributed by atoms with Gasteiger partial charge in [-0.15, -0.1) is 0 Å². The Kier molecular flexibility index (Phi) is 3.92. The molecule has 1 atom stereocenters. The molecule has 0 bridgehead atoms. The molecule has 1 fully saturated rings. The molecule has 1 saturated heterocycles. The van der Waals surface area contributed by atoms with Gasteiger partial charge in [0.05, 0.1) is 6.61 Å². The topological polar surface area (TPSA) is 77.9 Å². The van der Waals surface area contributed by atoms with Crippen molar-refractivity contribution in [3.63, 3.8) is 0 Å². The highest BCUT2D eigenvalue weighted by atomic mass is 16.6. The zero-order chi connectivity index (χ0) is 11.3. The highest BCUT2D eigenvalue weighted by Gasteiger charge is 2.34. The van der Waals surface area contributed by atoms with Crippen LogP contribution >= 0.6 is 0 Å². The quantitative estimate of drug-likeness (QED) is 0.559. The number of aliphatic hydroxyl groups excluding tert-OH is 1. The van der Waals surface area contributed by atoms with Crippen LogP contribution in [0.4, 0.5) is 4.79 Å². The van der Waals surface area contributed by atoms with E-state index in [0.717, 1.165) is 12.6 Å². The molecule has 0 aromatic carbocycles. The van der Waals surface area contributed by atoms with E-state index < -0.39 is 12.1 Å². The maximum absolute atomic E-state index is 11.4. The molecule has 0 aromatic heterocycles. The summed E-state index contributed by atoms with van der Waals surface area (Å²) in [6.45, 7) is 2.57. The van der Waals surface area contributed by atoms with E-state index >= 15 is 0 Å². The second-order valence-corrected chi connectivity index (χ2v) is 3.22. The number of nitrogens with zero attached hydrogens (tertiary/aromatic N) is 3. The summed E-state index contributed by atoms with van der Waals surface area (Å²) in [4.78, 5) is 15.6. The van der Waals surface area contributed by atoms with Crippen LogP contribution in [0.5, 0.6) is 0 Å². The zero-order valence-electron chi connectivity index (χ0n) is 8.59. The molecule has 1 amide bonds. The number of amides is 1. The van der Waals surface area contributed by atoms with Crippen LogP contribution in [0.1, 0.15) is 19.8 Å². The van der Waals surface area contributed by atoms with Gasteiger partial charge in [0.25, 0.3) is 0 Å². The lowest BCUT2D eigenvalue weighted by molar-refractivity contribution is 0.101. The van der Waals surface area contributed by atoms with Crippen molar-refractivity contribution in [1.29, 1.82) is 5.39 Å². The third-order valence-electron chi connectivity index (χ3n) is 2.29. The lowest BCUT2D eigenvalue weighted by Gasteiger charge is -2.21. The van der Waals surface area contributed by atoms with Gasteiger partial charge in [-0.1, -0.05) is 0 Å². The van der Waals surface area contributed by atoms with Crippen molar-refractivity contribution >= 4 is 6.09 Å². The Morgan fingerprint density at radius 1 is 1.80 bits per heavy atom. The molecule has 15 heavy (non-hydrogen) atoms. The molecule has 1 heterocycles. The fraction of sp³-hybridized carbons (Fsp3) is 0.667. The summed E-state index contributed by atoms with van der Waals surface area (Å²) in [7, 11) is 0. The first-order valence-electron chi connectivity index (χ1n) is 4.87. The minimum absolute atomic E-state index is 0.122. The van der Waals surface area contributed by atoms with Crippen LogP contribution in [0.25, 0.3) is 4.98 Å². The van der Waals surface area contributed by atoms with Gasteiger partial charge in [0.15, 0.2) is 4.98 Å². The van der Waals surface area contributed by atoms with E-state index in [-0.39, 0.29) is 5.76 Å². The highest BCUT2D eigenvalue weighted by molar-refractivity contribution is 5.68. The maximum atomic E-state index is 11.4. The van der Waals surface area contributed by atoms with E-state index in [1.54, 1.807) is 6.92 Å². The van der Waals surface area contributed by atoms with E-state index in [1.807, 2.05) is 0 Å². The van der Waals surface area contributed by atoms with Crippen LogP contribution in [0.3, 0.4) is 0 Å². The summed E-state index contributed by atoms with van der Waals surface area (Å²) >= 11 is 0. The van der Waals surface area contributed by atoms with Crippen LogP contribution in [0.15, 0.2) is 12.0 Å². The number of diazo groups is 1. The predicted molar refractivity (Wildman–Crippen MR) is 52.5 cm³/mol. The first kappa shape index (κ1) is 11.3. The molecule has 0 spiro atoms. The summed E-state index contributed by atoms with van der Waals surface area (Å²) in [5.41, 5.74) is 0. The van der Waals surface area contributed by atoms with E-state index in [0.29, 0.717) is 19.6 Å². The first-order valence-corrected chi connectivity index (χ1v) is 4.87. The van der Waals surface area contributed by atoms with Gasteiger partial charge in [-0.2, -0.15) is 0 Å². The third-order valence-corrected chi connectivity index (χ3v) is 2.29. The minimum Gasteiger partial charge on any atom is -0.504 e. The first-order chi connectivity index (χ1) is 7.20. The van der Waals surface area contributed by atoms with Crippen molar-refractivity contribution in [2.24, 2.45) is 0 Å². The Morgan fingerprint density at radius 3 is 3.13 bits per heavy atom. The van der Waals surface area contributed by atoms with Gasteiger partial charge in [0.2, 0.25) is 11.2 Å². The maximum Gasteiger partial charge on any atom is 0.410 e. The summed E-state index contributed by atoms with van der Waals surface area (Å²) in [5.74, 6) is -0.122. The van der Waals surface area contributed by atoms with Crippen molar-refractivity contribution in [2.45, 2.75) is 25.8 Å². The van der Waals surface area contributed by atoms with Crippen molar-refractivity contribution in [3.05, 3.63) is 16.9 Å². The monoisotopic (exact) mass is 212 g/mol. The second-order valence-electron chi connectivity index (χ2n) is 3.22. The number of carbonyl (C=O) groups excluding carboxylic acids is 1. The summed E-state index contributed by atoms with van der Waals surface area (Å²) in [6.07, 6.45) is 1.93. The Labute approximate surface area is 87.8 Å². The predicted octanol–water partition coefficient (Wildman–Crippen LogP) is 1.86. The van der Waals surface area contributed by atoms with Crippen LogP contribution in [-0.2, 0) is 4.74 Å². The minimum atomic E-state index is -0.446. The smallest absolute Gasteiger partial charge is 0.410 e. The molecule has 0 unspecified atom stereocenters. The van der Waals surface area contributed by atoms with Crippen molar-refractivity contribution in [3.8, 4) is 0 Å². The number of likely N-dealkylation sites (tertiary alicyclic amines) is 1. The Hall–Kier alpha value is -1.77. The number of hydrogen-bond donors (Lipinski definition) is 1. The van der Waals surface area contributed by atoms with Gasteiger partial charge in [-0.05, 0) is 19.8 Å². The van der Waals surface area contributed by atoms with E-state index in [1.165, 1.54) is 4.90 Å². The summed E-state index contributed by atoms with van der Waals surface area (Å²) < 4.78 is 4.84. The van der Waals surface area contributed by atoms with E-state index in [4.69, 9.17) is 10.1 Å². The molecule has 0 aromatic rings. The molecule has 0 saturated carbocycles. The Morgan fingerprint density at radius 2 is 2.53 bits per heavy atom. The number of rotatable bonds is 2. The fourth-order valence-electron chi connectivity index (χ4n) is 1.64. The average Bonchev–Trinajstić information content (AvgIpc) is 2.66. The average molecular weight is 212 g/mol. The highest BCUT2D eigenvalue weighted by Crippen LogP contribution is 2.23. The molecular formula is C9H14N3O3+. The molecule has 1 aliphatic rings. The molecule has 1 N–H and O–H groups in total. The van der Waals surface area contributed by atoms with Crippen LogP contribution in [-0.4, -0.2) is 35.3 Å². The fourth-order valence-corrected chi connectivity index (χ4v) is 1.64. The standard InChI is InChI=1S/C9H13N3O3/c1-2-15-9(14)12-5-3-4-7(12)8(13)6-11-10/h6-7H,2-5H2,1H3/p+1/b8-6-/t7-/m0/s1. The zero-order valence-corrected chi connectivity index (χ0v) is 8.59. The summed E-state index contributed by atoms with van der Waals surface area (Å²) in [5, 5.41) is 17.8. The molecule has 0 radical (unpaired) electrons. The van der Waals surface area contributed by atoms with Gasteiger partial charge in [-0.25, -0.2) is 4.79 Å². The van der Waals surface area contributed by atoms with E-state index in [2.05, 4.69) is 4.98 Å². The van der Waals surface area contributed by atoms with Crippen molar-refractivity contribution < 1.29 is 14.6 Å². The Balaban J connectivity index is 2.69. The van der Waals surface area contributed by atoms with Gasteiger partial charge in [0.1, 0.15) is 6.04 Å². The van der Waals surface area contributed by atoms with Crippen LogP contribution in [0.2, 0.25) is 0 Å². The number of hydrogen-bond acceptors (Lipinski definition) is 4. The number of carbonyl (C=O) groups is 1. The molecule has 6 nitrogen and oxygen atoms in total. The van der Waals surface area contributed by atoms with Gasteiger partial charge < -0.3 is 9.84 Å². The van der Waals surface area contributed by atoms with Crippen molar-refractivity contribution in [1.82, 2.24) is 4.90 Å². The summed E-state index contributed by atoms with van der Waals surface area (Å²) in [6, 6.07) is -0.431. The number of ether oxygens (including phenoxy) is 1. The van der Waals surface area contributed by atoms with Gasteiger partial charge in [0, 0.05) is 6.54 Å². The molecule has 6 heteroatoms. The van der Waals surface area contributed by atoms with Crippen LogP contribution in [0, 0.1) is 5.39 Å². The van der Waals surface area contributed by atoms with E-state index in [9.17, 15) is 9.90 Å². The largest absolute Gasteiger partial charge is 0.504 e. The van der Waals surface area contributed by atoms with Gasteiger partial charge in [-0.3, -0.25) is 4.90 Å². The lowest BCUT2D eigenvalue weighted by atomic mass is 10.2. The number of aliphatic hydroxyl groups is 1. The van der Waals surface area contributed by atoms with Gasteiger partial charge >= 0.3 is 12.3 Å². The molecule has 1 aliphatic heterocycles. The molecular weight excluding hydrogens is 198 g/mol. The third kappa shape index (κ3) is 2.59. The molecule has 0 aliphatic carbocycles. The lowest BCUT2D eigenvalue weighted by Crippen LogP contribution is -2.37. The second kappa shape index (κ2) is 5.20. The molecule has 82 valence electrons. The van der Waals surface area contributed by atoms with Crippen molar-refractivity contribution in [2.75, 3.05) is 13.2 Å². The normalized spacial score (nSPS) is 21.2. The molecule has 1 rings (SSSR count). The Bertz CT molecular complexity index is 308. The SMILES string of the molecule is CCOC(=O)N1CCC[C@H]1/C(O)=C/[N+]#N. The van der Waals surface area contributed by atoms with Crippen LogP contribution < -0.4 is 0 Å².